The minimum Gasteiger partial charge on any atom is -0.179 e. The predicted octanol–water partition coefficient (Wildman–Crippen LogP) is 12.8. The topological polar surface area (TPSA) is 0 Å². The van der Waals surface area contributed by atoms with Gasteiger partial charge in [-0.2, -0.15) is 25.3 Å². The van der Waals surface area contributed by atoms with Gasteiger partial charge >= 0.3 is 0 Å². The summed E-state index contributed by atoms with van der Waals surface area (Å²) in [6.07, 6.45) is 40.3. The molecule has 34 heavy (non-hydrogen) atoms. The van der Waals surface area contributed by atoms with Crippen molar-refractivity contribution in [2.75, 3.05) is 11.5 Å². The first kappa shape index (κ1) is 36.9. The van der Waals surface area contributed by atoms with Crippen molar-refractivity contribution >= 4 is 25.3 Å². The van der Waals surface area contributed by atoms with E-state index in [-0.39, 0.29) is 0 Å². The SMILES string of the molecule is CCCCCCCCCCCCCCCCS.CCCCCCCCCCCCCCCCS. The highest BCUT2D eigenvalue weighted by Crippen LogP contribution is 2.14. The van der Waals surface area contributed by atoms with Crippen LogP contribution in [0.5, 0.6) is 0 Å². The maximum atomic E-state index is 4.23. The number of hydrogen-bond donors (Lipinski definition) is 2. The summed E-state index contributed by atoms with van der Waals surface area (Å²) in [5.41, 5.74) is 0. The van der Waals surface area contributed by atoms with Crippen molar-refractivity contribution in [3.05, 3.63) is 0 Å². The van der Waals surface area contributed by atoms with E-state index in [9.17, 15) is 0 Å². The van der Waals surface area contributed by atoms with Crippen LogP contribution in [0.4, 0.5) is 0 Å². The lowest BCUT2D eigenvalue weighted by atomic mass is 10.0. The van der Waals surface area contributed by atoms with Crippen LogP contribution in [0, 0.1) is 0 Å². The van der Waals surface area contributed by atoms with Crippen LogP contribution in [0.3, 0.4) is 0 Å². The maximum Gasteiger partial charge on any atom is -0.00979 e. The quantitative estimate of drug-likeness (QED) is 0.0749. The summed E-state index contributed by atoms with van der Waals surface area (Å²) in [5.74, 6) is 2.13. The standard InChI is InChI=1S/2C16H34S/c2*1-2-3-4-5-6-7-8-9-10-11-12-13-14-15-16-17/h2*17H,2-16H2,1H3. The van der Waals surface area contributed by atoms with Gasteiger partial charge in [0.05, 0.1) is 0 Å². The number of hydrogen-bond acceptors (Lipinski definition) is 2. The van der Waals surface area contributed by atoms with E-state index in [1.807, 2.05) is 0 Å². The van der Waals surface area contributed by atoms with Gasteiger partial charge in [0, 0.05) is 0 Å². The van der Waals surface area contributed by atoms with E-state index in [4.69, 9.17) is 0 Å². The molecule has 0 aliphatic rings. The Balaban J connectivity index is 0. The second kappa shape index (κ2) is 38.2. The fraction of sp³-hybridized carbons (Fsp3) is 1.00. The highest BCUT2D eigenvalue weighted by Gasteiger charge is 1.94. The summed E-state index contributed by atoms with van der Waals surface area (Å²) in [7, 11) is 0. The molecule has 0 nitrogen and oxygen atoms in total. The van der Waals surface area contributed by atoms with Crippen LogP contribution in [0.2, 0.25) is 0 Å². The molecule has 0 N–H and O–H groups in total. The average Bonchev–Trinajstić information content (AvgIpc) is 2.85. The Morgan fingerprint density at radius 3 is 0.529 bits per heavy atom. The van der Waals surface area contributed by atoms with Crippen molar-refractivity contribution < 1.29 is 0 Å². The van der Waals surface area contributed by atoms with Crippen molar-refractivity contribution in [2.24, 2.45) is 0 Å². The Hall–Kier alpha value is 0.700. The van der Waals surface area contributed by atoms with E-state index in [2.05, 4.69) is 39.1 Å². The summed E-state index contributed by atoms with van der Waals surface area (Å²) >= 11 is 8.47. The zero-order chi connectivity index (χ0) is 25.2. The molecule has 0 radical (unpaired) electrons. The minimum absolute atomic E-state index is 1.07. The summed E-state index contributed by atoms with van der Waals surface area (Å²) < 4.78 is 0. The molecule has 0 fully saturated rings. The van der Waals surface area contributed by atoms with Gasteiger partial charge in [0.15, 0.2) is 0 Å². The lowest BCUT2D eigenvalue weighted by molar-refractivity contribution is 0.538. The van der Waals surface area contributed by atoms with E-state index < -0.39 is 0 Å². The Morgan fingerprint density at radius 1 is 0.235 bits per heavy atom. The van der Waals surface area contributed by atoms with Gasteiger partial charge in [0.25, 0.3) is 0 Å². The van der Waals surface area contributed by atoms with Crippen molar-refractivity contribution in [3.8, 4) is 0 Å². The van der Waals surface area contributed by atoms with Crippen molar-refractivity contribution in [1.82, 2.24) is 0 Å². The van der Waals surface area contributed by atoms with Gasteiger partial charge in [0.2, 0.25) is 0 Å². The third-order valence-electron chi connectivity index (χ3n) is 7.02. The van der Waals surface area contributed by atoms with Gasteiger partial charge < -0.3 is 0 Å². The monoisotopic (exact) mass is 516 g/mol. The molecular formula is C32H68S2. The third kappa shape index (κ3) is 39.9. The van der Waals surface area contributed by atoms with Crippen molar-refractivity contribution in [1.29, 1.82) is 0 Å². The first-order valence-corrected chi connectivity index (χ1v) is 17.3. The molecule has 0 rings (SSSR count). The minimum atomic E-state index is 1.07. The third-order valence-corrected chi connectivity index (χ3v) is 7.66. The average molecular weight is 517 g/mol. The molecule has 208 valence electrons. The molecule has 0 saturated carbocycles. The fourth-order valence-electron chi connectivity index (χ4n) is 4.61. The summed E-state index contributed by atoms with van der Waals surface area (Å²) in [4.78, 5) is 0. The summed E-state index contributed by atoms with van der Waals surface area (Å²) in [5, 5.41) is 0. The van der Waals surface area contributed by atoms with Crippen molar-refractivity contribution in [3.63, 3.8) is 0 Å². The molecule has 0 atom stereocenters. The Bertz CT molecular complexity index is 247. The van der Waals surface area contributed by atoms with Crippen LogP contribution < -0.4 is 0 Å². The van der Waals surface area contributed by atoms with Gasteiger partial charge in [-0.15, -0.1) is 0 Å². The number of thiol groups is 2. The first-order valence-electron chi connectivity index (χ1n) is 16.0. The van der Waals surface area contributed by atoms with Crippen molar-refractivity contribution in [2.45, 2.75) is 194 Å². The molecule has 0 bridgehead atoms. The Kier molecular flexibility index (Phi) is 41.4. The molecule has 0 amide bonds. The largest absolute Gasteiger partial charge is 0.179 e. The zero-order valence-corrected chi connectivity index (χ0v) is 25.9. The first-order chi connectivity index (χ1) is 16.8. The Labute approximate surface area is 229 Å². The van der Waals surface area contributed by atoms with Gasteiger partial charge in [-0.1, -0.05) is 181 Å². The predicted molar refractivity (Wildman–Crippen MR) is 168 cm³/mol. The maximum absolute atomic E-state index is 4.23. The molecule has 0 aromatic heterocycles. The second-order valence-corrected chi connectivity index (χ2v) is 11.5. The highest BCUT2D eigenvalue weighted by molar-refractivity contribution is 7.80. The molecular weight excluding hydrogens is 448 g/mol. The highest BCUT2D eigenvalue weighted by atomic mass is 32.1. The molecule has 0 aromatic carbocycles. The number of rotatable bonds is 28. The lowest BCUT2D eigenvalue weighted by Crippen LogP contribution is -1.83. The Morgan fingerprint density at radius 2 is 0.382 bits per heavy atom. The van der Waals surface area contributed by atoms with E-state index in [1.165, 1.54) is 180 Å². The molecule has 0 unspecified atom stereocenters. The van der Waals surface area contributed by atoms with Gasteiger partial charge in [-0.25, -0.2) is 0 Å². The van der Waals surface area contributed by atoms with E-state index in [0.29, 0.717) is 0 Å². The van der Waals surface area contributed by atoms with Crippen LogP contribution in [0.1, 0.15) is 194 Å². The second-order valence-electron chi connectivity index (χ2n) is 10.6. The molecule has 0 heterocycles. The molecule has 0 aromatic rings. The molecule has 0 aliphatic carbocycles. The molecule has 2 heteroatoms. The van der Waals surface area contributed by atoms with Crippen LogP contribution in [0.25, 0.3) is 0 Å². The molecule has 0 saturated heterocycles. The zero-order valence-electron chi connectivity index (χ0n) is 24.1. The molecule has 0 aliphatic heterocycles. The van der Waals surface area contributed by atoms with Gasteiger partial charge in [0.1, 0.15) is 0 Å². The lowest BCUT2D eigenvalue weighted by Gasteiger charge is -2.02. The van der Waals surface area contributed by atoms with Crippen LogP contribution in [-0.2, 0) is 0 Å². The smallest absolute Gasteiger partial charge is 0.00979 e. The van der Waals surface area contributed by atoms with Crippen LogP contribution in [0.15, 0.2) is 0 Å². The number of unbranched alkanes of at least 4 members (excludes halogenated alkanes) is 26. The van der Waals surface area contributed by atoms with Crippen LogP contribution >= 0.6 is 25.3 Å². The summed E-state index contributed by atoms with van der Waals surface area (Å²) in [6.45, 7) is 4.58. The molecule has 0 spiro atoms. The van der Waals surface area contributed by atoms with Crippen LogP contribution in [-0.4, -0.2) is 11.5 Å². The van der Waals surface area contributed by atoms with E-state index in [1.54, 1.807) is 0 Å². The normalized spacial score (nSPS) is 10.9. The van der Waals surface area contributed by atoms with E-state index >= 15 is 0 Å². The summed E-state index contributed by atoms with van der Waals surface area (Å²) in [6, 6.07) is 0. The van der Waals surface area contributed by atoms with Gasteiger partial charge in [-0.05, 0) is 24.3 Å². The fourth-order valence-corrected chi connectivity index (χ4v) is 5.06. The van der Waals surface area contributed by atoms with Gasteiger partial charge in [-0.3, -0.25) is 0 Å². The van der Waals surface area contributed by atoms with E-state index in [0.717, 1.165) is 11.5 Å².